The van der Waals surface area contributed by atoms with Gasteiger partial charge in [0.05, 0.1) is 11.9 Å². The van der Waals surface area contributed by atoms with Crippen LogP contribution in [0.1, 0.15) is 25.5 Å². The predicted octanol–water partition coefficient (Wildman–Crippen LogP) is 1.37. The van der Waals surface area contributed by atoms with Gasteiger partial charge in [-0.3, -0.25) is 9.71 Å². The molecule has 0 unspecified atom stereocenters. The van der Waals surface area contributed by atoms with Crippen molar-refractivity contribution in [2.24, 2.45) is 0 Å². The van der Waals surface area contributed by atoms with Crippen molar-refractivity contribution in [1.82, 2.24) is 14.6 Å². The monoisotopic (exact) mass is 300 g/mol. The maximum Gasteiger partial charge on any atom is 0.301 e. The van der Waals surface area contributed by atoms with Crippen LogP contribution in [0, 0.1) is 6.92 Å². The van der Waals surface area contributed by atoms with Gasteiger partial charge in [-0.15, -0.1) is 0 Å². The van der Waals surface area contributed by atoms with Crippen molar-refractivity contribution in [2.75, 3.05) is 31.4 Å². The number of aryl methyl sites for hydroxylation is 1. The van der Waals surface area contributed by atoms with E-state index in [1.807, 2.05) is 6.92 Å². The molecule has 1 rings (SSSR count). The van der Waals surface area contributed by atoms with Gasteiger partial charge < -0.3 is 5.32 Å². The zero-order valence-electron chi connectivity index (χ0n) is 12.4. The molecule has 7 heteroatoms. The normalized spacial score (nSPS) is 11.8. The minimum Gasteiger partial charge on any atom is -0.317 e. The third-order valence-corrected chi connectivity index (χ3v) is 4.32. The molecule has 0 aliphatic carbocycles. The molecule has 1 aromatic heterocycles. The maximum atomic E-state index is 12.1. The highest BCUT2D eigenvalue weighted by atomic mass is 32.2. The van der Waals surface area contributed by atoms with Crippen molar-refractivity contribution in [3.63, 3.8) is 0 Å². The lowest BCUT2D eigenvalue weighted by atomic mass is 10.4. The Bertz CT molecular complexity index is 488. The molecule has 0 spiro atoms. The first-order valence-electron chi connectivity index (χ1n) is 6.83. The summed E-state index contributed by atoms with van der Waals surface area (Å²) in [6.45, 7) is 6.21. The Labute approximate surface area is 121 Å². The lowest BCUT2D eigenvalue weighted by Gasteiger charge is -2.18. The Morgan fingerprint density at radius 2 is 2.05 bits per heavy atom. The van der Waals surface area contributed by atoms with E-state index >= 15 is 0 Å². The van der Waals surface area contributed by atoms with Crippen LogP contribution in [-0.2, 0) is 10.2 Å². The molecule has 0 atom stereocenters. The molecule has 0 bridgehead atoms. The van der Waals surface area contributed by atoms with Gasteiger partial charge >= 0.3 is 10.2 Å². The fourth-order valence-corrected chi connectivity index (χ4v) is 2.55. The highest BCUT2D eigenvalue weighted by Gasteiger charge is 2.16. The quantitative estimate of drug-likeness (QED) is 0.676. The summed E-state index contributed by atoms with van der Waals surface area (Å²) in [5.41, 5.74) is 1.33. The highest BCUT2D eigenvalue weighted by molar-refractivity contribution is 7.90. The standard InChI is InChI=1S/C13H24N4O2S/c1-4-8-14-9-5-10-17(3)20(18,19)16-13-7-6-12(2)15-11-13/h6-7,11,14,16H,4-5,8-10H2,1-3H3. The van der Waals surface area contributed by atoms with E-state index < -0.39 is 10.2 Å². The lowest BCUT2D eigenvalue weighted by molar-refractivity contribution is 0.458. The largest absolute Gasteiger partial charge is 0.317 e. The van der Waals surface area contributed by atoms with Crippen LogP contribution >= 0.6 is 0 Å². The van der Waals surface area contributed by atoms with Gasteiger partial charge in [0, 0.05) is 19.3 Å². The average molecular weight is 300 g/mol. The second-order valence-electron chi connectivity index (χ2n) is 4.72. The molecule has 1 aromatic rings. The van der Waals surface area contributed by atoms with Gasteiger partial charge in [0.1, 0.15) is 0 Å². The molecule has 1 heterocycles. The van der Waals surface area contributed by atoms with Crippen molar-refractivity contribution < 1.29 is 8.42 Å². The molecule has 0 radical (unpaired) electrons. The molecule has 114 valence electrons. The van der Waals surface area contributed by atoms with Crippen molar-refractivity contribution in [3.05, 3.63) is 24.0 Å². The van der Waals surface area contributed by atoms with E-state index in [-0.39, 0.29) is 0 Å². The zero-order valence-corrected chi connectivity index (χ0v) is 13.2. The Morgan fingerprint density at radius 3 is 2.65 bits per heavy atom. The molecule has 0 aliphatic heterocycles. The van der Waals surface area contributed by atoms with Crippen molar-refractivity contribution in [1.29, 1.82) is 0 Å². The summed E-state index contributed by atoms with van der Waals surface area (Å²) in [5, 5.41) is 3.25. The maximum absolute atomic E-state index is 12.1. The number of nitrogens with one attached hydrogen (secondary N) is 2. The molecule has 0 fully saturated rings. The van der Waals surface area contributed by atoms with E-state index in [2.05, 4.69) is 21.9 Å². The second-order valence-corrected chi connectivity index (χ2v) is 6.50. The van der Waals surface area contributed by atoms with Gasteiger partial charge in [0.2, 0.25) is 0 Å². The minimum atomic E-state index is -3.50. The van der Waals surface area contributed by atoms with E-state index in [0.717, 1.165) is 31.6 Å². The first-order valence-corrected chi connectivity index (χ1v) is 8.27. The number of anilines is 1. The zero-order chi connectivity index (χ0) is 15.0. The van der Waals surface area contributed by atoms with E-state index in [1.165, 1.54) is 10.5 Å². The first-order chi connectivity index (χ1) is 9.45. The number of hydrogen-bond acceptors (Lipinski definition) is 4. The molecule has 20 heavy (non-hydrogen) atoms. The smallest absolute Gasteiger partial charge is 0.301 e. The van der Waals surface area contributed by atoms with Gasteiger partial charge in [0.25, 0.3) is 0 Å². The van der Waals surface area contributed by atoms with Gasteiger partial charge in [-0.05, 0) is 45.0 Å². The first kappa shape index (κ1) is 16.9. The Morgan fingerprint density at radius 1 is 1.30 bits per heavy atom. The number of pyridine rings is 1. The number of rotatable bonds is 9. The summed E-state index contributed by atoms with van der Waals surface area (Å²) in [4.78, 5) is 4.06. The summed E-state index contributed by atoms with van der Waals surface area (Å²) in [5.74, 6) is 0. The molecule has 0 amide bonds. The second kappa shape index (κ2) is 8.18. The number of nitrogens with zero attached hydrogens (tertiary/aromatic N) is 2. The van der Waals surface area contributed by atoms with Crippen molar-refractivity contribution in [2.45, 2.75) is 26.7 Å². The number of aromatic nitrogens is 1. The van der Waals surface area contributed by atoms with Crippen LogP contribution in [0.15, 0.2) is 18.3 Å². The Balaban J connectivity index is 2.44. The third-order valence-electron chi connectivity index (χ3n) is 2.82. The minimum absolute atomic E-state index is 0.478. The predicted molar refractivity (Wildman–Crippen MR) is 81.9 cm³/mol. The summed E-state index contributed by atoms with van der Waals surface area (Å²) in [7, 11) is -1.93. The van der Waals surface area contributed by atoms with Gasteiger partial charge in [-0.25, -0.2) is 0 Å². The van der Waals surface area contributed by atoms with Crippen molar-refractivity contribution >= 4 is 15.9 Å². The van der Waals surface area contributed by atoms with E-state index in [9.17, 15) is 8.42 Å². The van der Waals surface area contributed by atoms with Crippen LogP contribution in [0.25, 0.3) is 0 Å². The van der Waals surface area contributed by atoms with E-state index in [4.69, 9.17) is 0 Å². The summed E-state index contributed by atoms with van der Waals surface area (Å²) < 4.78 is 28.0. The van der Waals surface area contributed by atoms with Gasteiger partial charge in [-0.2, -0.15) is 12.7 Å². The van der Waals surface area contributed by atoms with E-state index in [1.54, 1.807) is 19.2 Å². The van der Waals surface area contributed by atoms with Crippen LogP contribution in [0.3, 0.4) is 0 Å². The van der Waals surface area contributed by atoms with Crippen molar-refractivity contribution in [3.8, 4) is 0 Å². The topological polar surface area (TPSA) is 74.3 Å². The molecular weight excluding hydrogens is 276 g/mol. The number of hydrogen-bond donors (Lipinski definition) is 2. The molecule has 6 nitrogen and oxygen atoms in total. The van der Waals surface area contributed by atoms with Crippen LogP contribution in [-0.4, -0.2) is 44.4 Å². The summed E-state index contributed by atoms with van der Waals surface area (Å²) >= 11 is 0. The van der Waals surface area contributed by atoms with E-state index in [0.29, 0.717) is 12.2 Å². The summed E-state index contributed by atoms with van der Waals surface area (Å²) in [6.07, 6.45) is 3.38. The fourth-order valence-electron chi connectivity index (χ4n) is 1.60. The van der Waals surface area contributed by atoms with Crippen LogP contribution < -0.4 is 10.0 Å². The Kier molecular flexibility index (Phi) is 6.90. The average Bonchev–Trinajstić information content (AvgIpc) is 2.40. The molecule has 0 aliphatic rings. The molecule has 2 N–H and O–H groups in total. The lowest BCUT2D eigenvalue weighted by Crippen LogP contribution is -2.34. The third kappa shape index (κ3) is 5.85. The SMILES string of the molecule is CCCNCCCN(C)S(=O)(=O)Nc1ccc(C)nc1. The van der Waals surface area contributed by atoms with Crippen LogP contribution in [0.5, 0.6) is 0 Å². The van der Waals surface area contributed by atoms with Gasteiger partial charge in [-0.1, -0.05) is 6.92 Å². The van der Waals surface area contributed by atoms with Crippen LogP contribution in [0.2, 0.25) is 0 Å². The molecular formula is C13H24N4O2S. The molecule has 0 aromatic carbocycles. The highest BCUT2D eigenvalue weighted by Crippen LogP contribution is 2.10. The molecule has 0 saturated carbocycles. The van der Waals surface area contributed by atoms with Gasteiger partial charge in [0.15, 0.2) is 0 Å². The fraction of sp³-hybridized carbons (Fsp3) is 0.615. The Hall–Kier alpha value is -1.18. The molecule has 0 saturated heterocycles. The summed E-state index contributed by atoms with van der Waals surface area (Å²) in [6, 6.07) is 3.48. The van der Waals surface area contributed by atoms with Crippen LogP contribution in [0.4, 0.5) is 5.69 Å².